The quantitative estimate of drug-likeness (QED) is 0.243. The summed E-state index contributed by atoms with van der Waals surface area (Å²) in [4.78, 5) is 41.6. The van der Waals surface area contributed by atoms with Gasteiger partial charge in [-0.3, -0.25) is 9.59 Å². The summed E-state index contributed by atoms with van der Waals surface area (Å²) in [6.07, 6.45) is -4.00. The molecule has 2 amide bonds. The predicted octanol–water partition coefficient (Wildman–Crippen LogP) is -1.60. The minimum atomic E-state index is -1.23. The molecule has 0 radical (unpaired) electrons. The molecule has 3 aromatic rings. The molecule has 2 N–H and O–H groups in total. The molecule has 24 nitrogen and oxygen atoms in total. The normalized spacial score (nSPS) is 39.2. The standard InChI is InChI=1S/C33H41N11O13/c1-31(2)52-22-16-19(49-28(22)55-31)25(45)35-8-15-9-36-39-44(15)18-20(50-30-24(18)54-33(5,6)57-30)26(46)34-7-13-10-42(40-37-13)17-21(51-29-23(17)53-32(3,4)56-29)27(47)48-12-14-11-43(16)41-38-14/h9-11,16-24,28-30H,7-8,12H2,1-6H3,(H,34,46)(H,35,45)/t16?,17-,18-,19?,20?,21-,22+,23+,24+,28+,29+,30+/m0/s1. The molecule has 3 unspecified atom stereocenters. The fraction of sp³-hybridized carbons (Fsp3) is 0.727. The van der Waals surface area contributed by atoms with Crippen LogP contribution in [0.25, 0.3) is 0 Å². The van der Waals surface area contributed by atoms with Crippen LogP contribution in [0.4, 0.5) is 0 Å². The molecule has 7 aliphatic rings. The lowest BCUT2D eigenvalue weighted by atomic mass is 10.1. The number of aromatic nitrogens is 9. The van der Waals surface area contributed by atoms with Crippen molar-refractivity contribution in [3.8, 4) is 0 Å². The molecule has 10 rings (SSSR count). The largest absolute Gasteiger partial charge is 0.457 e. The number of carbonyl (C=O) groups is 3. The minimum absolute atomic E-state index is 0.0708. The van der Waals surface area contributed by atoms with E-state index in [2.05, 4.69) is 41.6 Å². The summed E-state index contributed by atoms with van der Waals surface area (Å²) >= 11 is 0. The van der Waals surface area contributed by atoms with Crippen LogP contribution >= 0.6 is 0 Å². The smallest absolute Gasteiger partial charge is 0.338 e. The maximum absolute atomic E-state index is 14.0. The van der Waals surface area contributed by atoms with Crippen LogP contribution in [-0.2, 0) is 81.4 Å². The fourth-order valence-electron chi connectivity index (χ4n) is 8.44. The second kappa shape index (κ2) is 13.0. The molecule has 6 fully saturated rings. The first-order chi connectivity index (χ1) is 27.1. The van der Waals surface area contributed by atoms with Crippen LogP contribution in [0.5, 0.6) is 0 Å². The molecular weight excluding hydrogens is 758 g/mol. The average molecular weight is 800 g/mol. The summed E-state index contributed by atoms with van der Waals surface area (Å²) in [5.74, 6) is -4.84. The second-order valence-corrected chi connectivity index (χ2v) is 16.1. The number of amides is 2. The van der Waals surface area contributed by atoms with Crippen molar-refractivity contribution in [2.24, 2.45) is 0 Å². The Bertz CT molecular complexity index is 2090. The molecule has 6 saturated heterocycles. The first-order valence-electron chi connectivity index (χ1n) is 18.6. The van der Waals surface area contributed by atoms with Gasteiger partial charge in [0, 0.05) is 0 Å². The Morgan fingerprint density at radius 1 is 0.614 bits per heavy atom. The van der Waals surface area contributed by atoms with Crippen LogP contribution < -0.4 is 10.6 Å². The Balaban J connectivity index is 0.995. The predicted molar refractivity (Wildman–Crippen MR) is 177 cm³/mol. The van der Waals surface area contributed by atoms with E-state index in [1.54, 1.807) is 53.9 Å². The van der Waals surface area contributed by atoms with E-state index in [4.69, 9.17) is 47.4 Å². The molecule has 0 saturated carbocycles. The molecule has 12 atom stereocenters. The Kier molecular flexibility index (Phi) is 8.38. The molecule has 306 valence electrons. The summed E-state index contributed by atoms with van der Waals surface area (Å²) < 4.78 is 64.9. The lowest BCUT2D eigenvalue weighted by Crippen LogP contribution is -2.44. The number of nitrogens with zero attached hydrogens (tertiary/aromatic N) is 9. The van der Waals surface area contributed by atoms with Crippen molar-refractivity contribution in [1.29, 1.82) is 0 Å². The SMILES string of the molecule is CC1(C)O[C@H]2O[C@@H]3C(=O)OCc4cn(nn4)C4C(O[C@@H]5OC(C)(C)O[C@H]45)C(=O)NCc4cnnn4[C@H]4C(O[C@@H]5OC(C)(C)O[C@@H]54)C(=O)NCc4cn(nn4)[C@@H]3[C@H]2O1. The van der Waals surface area contributed by atoms with Gasteiger partial charge in [0.1, 0.15) is 54.4 Å². The number of rotatable bonds is 0. The van der Waals surface area contributed by atoms with Crippen molar-refractivity contribution in [3.63, 3.8) is 0 Å². The minimum Gasteiger partial charge on any atom is -0.457 e. The number of cyclic esters (lactones) is 1. The first kappa shape index (κ1) is 36.8. The molecule has 0 aromatic carbocycles. The topological polar surface area (TPSA) is 260 Å². The monoisotopic (exact) mass is 799 g/mol. The van der Waals surface area contributed by atoms with Crippen LogP contribution in [0.2, 0.25) is 0 Å². The number of carbonyl (C=O) groups excluding carboxylic acids is 3. The number of hydrogen-bond acceptors (Lipinski definition) is 19. The van der Waals surface area contributed by atoms with Crippen molar-refractivity contribution in [3.05, 3.63) is 35.7 Å². The molecule has 0 aliphatic carbocycles. The van der Waals surface area contributed by atoms with Crippen LogP contribution in [0.15, 0.2) is 18.6 Å². The van der Waals surface area contributed by atoms with Gasteiger partial charge in [0.2, 0.25) is 0 Å². The summed E-state index contributed by atoms with van der Waals surface area (Å²) in [6, 6.07) is -2.57. The van der Waals surface area contributed by atoms with Gasteiger partial charge in [-0.2, -0.15) is 0 Å². The van der Waals surface area contributed by atoms with Crippen LogP contribution in [0.3, 0.4) is 0 Å². The van der Waals surface area contributed by atoms with E-state index >= 15 is 0 Å². The summed E-state index contributed by atoms with van der Waals surface area (Å²) in [6.45, 7) is 9.96. The van der Waals surface area contributed by atoms with Crippen molar-refractivity contribution in [2.45, 2.75) is 152 Å². The highest BCUT2D eigenvalue weighted by atomic mass is 16.9. The highest BCUT2D eigenvalue weighted by Crippen LogP contribution is 2.46. The van der Waals surface area contributed by atoms with Crippen molar-refractivity contribution in [1.82, 2.24) is 55.6 Å². The number of nitrogens with one attached hydrogen (secondary N) is 2. The van der Waals surface area contributed by atoms with Gasteiger partial charge in [-0.25, -0.2) is 18.8 Å². The average Bonchev–Trinajstić information content (AvgIpc) is 3.98. The Hall–Kier alpha value is -4.53. The summed E-state index contributed by atoms with van der Waals surface area (Å²) in [5.41, 5.74) is 1.06. The number of fused-ring (bicyclic) bond motifs is 17. The fourth-order valence-corrected chi connectivity index (χ4v) is 8.44. The van der Waals surface area contributed by atoms with E-state index in [-0.39, 0.29) is 25.4 Å². The zero-order valence-corrected chi connectivity index (χ0v) is 31.6. The summed E-state index contributed by atoms with van der Waals surface area (Å²) in [5, 5.41) is 31.2. The van der Waals surface area contributed by atoms with Gasteiger partial charge in [0.15, 0.2) is 54.5 Å². The highest BCUT2D eigenvalue weighted by Gasteiger charge is 2.61. The number of hydrogen-bond donors (Lipinski definition) is 2. The third kappa shape index (κ3) is 6.38. The van der Waals surface area contributed by atoms with E-state index in [1.165, 1.54) is 20.2 Å². The molecule has 10 heterocycles. The van der Waals surface area contributed by atoms with Crippen molar-refractivity contribution >= 4 is 17.8 Å². The van der Waals surface area contributed by atoms with Gasteiger partial charge in [-0.15, -0.1) is 15.3 Å². The van der Waals surface area contributed by atoms with Gasteiger partial charge in [-0.05, 0) is 41.5 Å². The van der Waals surface area contributed by atoms with E-state index in [1.807, 2.05) is 0 Å². The Morgan fingerprint density at radius 2 is 1.11 bits per heavy atom. The lowest BCUT2D eigenvalue weighted by molar-refractivity contribution is -0.216. The number of ether oxygens (including phenoxy) is 10. The van der Waals surface area contributed by atoms with E-state index < -0.39 is 109 Å². The highest BCUT2D eigenvalue weighted by molar-refractivity contribution is 5.82. The van der Waals surface area contributed by atoms with Gasteiger partial charge < -0.3 is 58.0 Å². The van der Waals surface area contributed by atoms with Gasteiger partial charge in [-0.1, -0.05) is 15.6 Å². The molecule has 4 bridgehead atoms. The first-order valence-corrected chi connectivity index (χ1v) is 18.6. The molecule has 0 spiro atoms. The second-order valence-electron chi connectivity index (χ2n) is 16.1. The lowest BCUT2D eigenvalue weighted by Gasteiger charge is -2.26. The molecule has 24 heteroatoms. The van der Waals surface area contributed by atoms with Crippen LogP contribution in [-0.4, -0.2) is 136 Å². The molecular formula is C33H41N11O13. The third-order valence-corrected chi connectivity index (χ3v) is 10.7. The maximum atomic E-state index is 14.0. The summed E-state index contributed by atoms with van der Waals surface area (Å²) in [7, 11) is 0. The van der Waals surface area contributed by atoms with Crippen LogP contribution in [0.1, 0.15) is 76.7 Å². The zero-order chi connectivity index (χ0) is 39.6. The molecule has 3 aromatic heterocycles. The van der Waals surface area contributed by atoms with Crippen molar-refractivity contribution < 1.29 is 61.8 Å². The van der Waals surface area contributed by atoms with Gasteiger partial charge >= 0.3 is 5.97 Å². The van der Waals surface area contributed by atoms with Crippen molar-refractivity contribution in [2.75, 3.05) is 0 Å². The van der Waals surface area contributed by atoms with Gasteiger partial charge in [0.25, 0.3) is 11.8 Å². The Morgan fingerprint density at radius 3 is 1.72 bits per heavy atom. The Labute approximate surface area is 322 Å². The third-order valence-electron chi connectivity index (χ3n) is 10.7. The van der Waals surface area contributed by atoms with E-state index in [9.17, 15) is 14.4 Å². The maximum Gasteiger partial charge on any atom is 0.338 e. The number of esters is 1. The van der Waals surface area contributed by atoms with Gasteiger partial charge in [0.05, 0.1) is 37.4 Å². The van der Waals surface area contributed by atoms with Crippen LogP contribution in [0, 0.1) is 0 Å². The van der Waals surface area contributed by atoms with E-state index in [0.717, 1.165) is 0 Å². The molecule has 7 aliphatic heterocycles. The molecule has 57 heavy (non-hydrogen) atoms. The van der Waals surface area contributed by atoms with E-state index in [0.29, 0.717) is 11.4 Å². The zero-order valence-electron chi connectivity index (χ0n) is 31.6.